The summed E-state index contributed by atoms with van der Waals surface area (Å²) >= 11 is 1.75. The van der Waals surface area contributed by atoms with E-state index in [0.717, 1.165) is 18.7 Å². The molecule has 2 aromatic rings. The van der Waals surface area contributed by atoms with Gasteiger partial charge in [-0.3, -0.25) is 11.3 Å². The van der Waals surface area contributed by atoms with Crippen LogP contribution in [0.3, 0.4) is 0 Å². The Morgan fingerprint density at radius 3 is 2.63 bits per heavy atom. The molecule has 0 amide bonds. The fourth-order valence-electron chi connectivity index (χ4n) is 2.09. The number of nitrogens with zero attached hydrogens (tertiary/aromatic N) is 2. The van der Waals surface area contributed by atoms with Crippen molar-refractivity contribution in [3.8, 4) is 0 Å². The molecule has 102 valence electrons. The zero-order valence-electron chi connectivity index (χ0n) is 11.3. The Kier molecular flexibility index (Phi) is 5.01. The second-order valence-electron chi connectivity index (χ2n) is 4.49. The Morgan fingerprint density at radius 1 is 1.37 bits per heavy atom. The molecule has 0 aliphatic carbocycles. The number of rotatable bonds is 6. The van der Waals surface area contributed by atoms with Crippen LogP contribution in [-0.4, -0.2) is 15.8 Å². The SMILES string of the molecule is CSc1ccc(C(CCc2nccn2C)NN)cc1. The zero-order chi connectivity index (χ0) is 13.7. The van der Waals surface area contributed by atoms with Crippen molar-refractivity contribution >= 4 is 11.8 Å². The average molecular weight is 276 g/mol. The molecule has 0 fully saturated rings. The first-order valence-electron chi connectivity index (χ1n) is 6.31. The highest BCUT2D eigenvalue weighted by molar-refractivity contribution is 7.98. The maximum Gasteiger partial charge on any atom is 0.108 e. The van der Waals surface area contributed by atoms with Gasteiger partial charge in [0.15, 0.2) is 0 Å². The van der Waals surface area contributed by atoms with Crippen molar-refractivity contribution in [1.82, 2.24) is 15.0 Å². The highest BCUT2D eigenvalue weighted by Gasteiger charge is 2.11. The van der Waals surface area contributed by atoms with Gasteiger partial charge in [0.2, 0.25) is 0 Å². The fraction of sp³-hybridized carbons (Fsp3) is 0.357. The normalized spacial score (nSPS) is 12.6. The first-order valence-corrected chi connectivity index (χ1v) is 7.53. The molecule has 1 unspecified atom stereocenters. The molecule has 0 saturated carbocycles. The molecule has 5 heteroatoms. The summed E-state index contributed by atoms with van der Waals surface area (Å²) < 4.78 is 2.05. The van der Waals surface area contributed by atoms with E-state index in [1.54, 1.807) is 11.8 Å². The van der Waals surface area contributed by atoms with Crippen LogP contribution >= 0.6 is 11.8 Å². The number of hydrazine groups is 1. The molecule has 3 N–H and O–H groups in total. The molecule has 0 aliphatic rings. The molecule has 1 atom stereocenters. The molecule has 19 heavy (non-hydrogen) atoms. The van der Waals surface area contributed by atoms with Crippen LogP contribution in [0.15, 0.2) is 41.6 Å². The van der Waals surface area contributed by atoms with E-state index in [9.17, 15) is 0 Å². The van der Waals surface area contributed by atoms with E-state index >= 15 is 0 Å². The van der Waals surface area contributed by atoms with Crippen molar-refractivity contribution in [2.75, 3.05) is 6.26 Å². The number of imidazole rings is 1. The van der Waals surface area contributed by atoms with E-state index < -0.39 is 0 Å². The van der Waals surface area contributed by atoms with Crippen LogP contribution in [0, 0.1) is 0 Å². The van der Waals surface area contributed by atoms with Gasteiger partial charge in [0.25, 0.3) is 0 Å². The second-order valence-corrected chi connectivity index (χ2v) is 5.37. The lowest BCUT2D eigenvalue weighted by molar-refractivity contribution is 0.506. The third-order valence-electron chi connectivity index (χ3n) is 3.30. The molecule has 0 aliphatic heterocycles. The Hall–Kier alpha value is -1.30. The average Bonchev–Trinajstić information content (AvgIpc) is 2.86. The van der Waals surface area contributed by atoms with Gasteiger partial charge < -0.3 is 4.57 Å². The van der Waals surface area contributed by atoms with Gasteiger partial charge in [-0.1, -0.05) is 12.1 Å². The third kappa shape index (κ3) is 3.59. The zero-order valence-corrected chi connectivity index (χ0v) is 12.2. The minimum absolute atomic E-state index is 0.160. The predicted octanol–water partition coefficient (Wildman–Crippen LogP) is 2.28. The lowest BCUT2D eigenvalue weighted by Gasteiger charge is -2.16. The predicted molar refractivity (Wildman–Crippen MR) is 79.8 cm³/mol. The van der Waals surface area contributed by atoms with E-state index in [1.165, 1.54) is 10.5 Å². The minimum Gasteiger partial charge on any atom is -0.338 e. The van der Waals surface area contributed by atoms with E-state index in [0.29, 0.717) is 0 Å². The molecule has 2 rings (SSSR count). The van der Waals surface area contributed by atoms with Gasteiger partial charge in [0.05, 0.1) is 0 Å². The Bertz CT molecular complexity index is 506. The highest BCUT2D eigenvalue weighted by atomic mass is 32.2. The number of hydrogen-bond donors (Lipinski definition) is 2. The number of nitrogens with two attached hydrogens (primary N) is 1. The van der Waals surface area contributed by atoms with Crippen LogP contribution in [-0.2, 0) is 13.5 Å². The van der Waals surface area contributed by atoms with E-state index in [1.807, 2.05) is 24.0 Å². The van der Waals surface area contributed by atoms with Gasteiger partial charge in [-0.15, -0.1) is 11.8 Å². The Labute approximate surface area is 118 Å². The van der Waals surface area contributed by atoms with Gasteiger partial charge >= 0.3 is 0 Å². The molecule has 4 nitrogen and oxygen atoms in total. The van der Waals surface area contributed by atoms with Crippen LogP contribution in [0.2, 0.25) is 0 Å². The number of aromatic nitrogens is 2. The standard InChI is InChI=1S/C14H20N4S/c1-18-10-9-16-14(18)8-7-13(17-15)11-3-5-12(19-2)6-4-11/h3-6,9-10,13,17H,7-8,15H2,1-2H3. The third-order valence-corrected chi connectivity index (χ3v) is 4.04. The Balaban J connectivity index is 2.01. The van der Waals surface area contributed by atoms with Crippen LogP contribution in [0.5, 0.6) is 0 Å². The summed E-state index contributed by atoms with van der Waals surface area (Å²) in [7, 11) is 2.01. The highest BCUT2D eigenvalue weighted by Crippen LogP contribution is 2.21. The van der Waals surface area contributed by atoms with Crippen LogP contribution in [0.25, 0.3) is 0 Å². The van der Waals surface area contributed by atoms with Crippen molar-refractivity contribution in [3.05, 3.63) is 48.0 Å². The number of benzene rings is 1. The molecule has 1 heterocycles. The van der Waals surface area contributed by atoms with Gasteiger partial charge in [0, 0.05) is 36.8 Å². The number of hydrogen-bond acceptors (Lipinski definition) is 4. The molecule has 1 aromatic carbocycles. The summed E-state index contributed by atoms with van der Waals surface area (Å²) in [5.41, 5.74) is 4.11. The largest absolute Gasteiger partial charge is 0.338 e. The second kappa shape index (κ2) is 6.75. The van der Waals surface area contributed by atoms with Crippen molar-refractivity contribution in [3.63, 3.8) is 0 Å². The van der Waals surface area contributed by atoms with E-state index in [2.05, 4.69) is 40.9 Å². The van der Waals surface area contributed by atoms with Crippen LogP contribution in [0.4, 0.5) is 0 Å². The van der Waals surface area contributed by atoms with Crippen molar-refractivity contribution in [2.45, 2.75) is 23.8 Å². The fourth-order valence-corrected chi connectivity index (χ4v) is 2.50. The van der Waals surface area contributed by atoms with Crippen molar-refractivity contribution in [2.24, 2.45) is 12.9 Å². The maximum atomic E-state index is 5.67. The summed E-state index contributed by atoms with van der Waals surface area (Å²) in [6, 6.07) is 8.69. The monoisotopic (exact) mass is 276 g/mol. The molecule has 0 bridgehead atoms. The number of aryl methyl sites for hydroxylation is 2. The number of nitrogens with one attached hydrogen (secondary N) is 1. The van der Waals surface area contributed by atoms with E-state index in [-0.39, 0.29) is 6.04 Å². The first kappa shape index (κ1) is 14.1. The Morgan fingerprint density at radius 2 is 2.11 bits per heavy atom. The smallest absolute Gasteiger partial charge is 0.108 e. The lowest BCUT2D eigenvalue weighted by Crippen LogP contribution is -2.28. The van der Waals surface area contributed by atoms with Gasteiger partial charge in [-0.05, 0) is 30.4 Å². The van der Waals surface area contributed by atoms with Crippen molar-refractivity contribution in [1.29, 1.82) is 0 Å². The number of thioether (sulfide) groups is 1. The molecule has 1 aromatic heterocycles. The van der Waals surface area contributed by atoms with Gasteiger partial charge in [-0.2, -0.15) is 0 Å². The molecule has 0 radical (unpaired) electrons. The first-order chi connectivity index (χ1) is 9.24. The summed E-state index contributed by atoms with van der Waals surface area (Å²) in [5.74, 6) is 6.75. The summed E-state index contributed by atoms with van der Waals surface area (Å²) in [6.45, 7) is 0. The maximum absolute atomic E-state index is 5.67. The summed E-state index contributed by atoms with van der Waals surface area (Å²) in [6.07, 6.45) is 7.71. The van der Waals surface area contributed by atoms with Gasteiger partial charge in [0.1, 0.15) is 5.82 Å². The molecule has 0 spiro atoms. The summed E-state index contributed by atoms with van der Waals surface area (Å²) in [4.78, 5) is 5.60. The van der Waals surface area contributed by atoms with Crippen molar-refractivity contribution < 1.29 is 0 Å². The molecular weight excluding hydrogens is 256 g/mol. The quantitative estimate of drug-likeness (QED) is 0.483. The van der Waals surface area contributed by atoms with Crippen LogP contribution < -0.4 is 11.3 Å². The van der Waals surface area contributed by atoms with Crippen LogP contribution in [0.1, 0.15) is 23.9 Å². The lowest BCUT2D eigenvalue weighted by atomic mass is 10.0. The van der Waals surface area contributed by atoms with Gasteiger partial charge in [-0.25, -0.2) is 4.98 Å². The topological polar surface area (TPSA) is 55.9 Å². The summed E-state index contributed by atoms with van der Waals surface area (Å²) in [5, 5.41) is 0. The minimum atomic E-state index is 0.160. The molecular formula is C14H20N4S. The van der Waals surface area contributed by atoms with E-state index in [4.69, 9.17) is 5.84 Å². The molecule has 0 saturated heterocycles.